The fourth-order valence-corrected chi connectivity index (χ4v) is 2.55. The van der Waals surface area contributed by atoms with Crippen LogP contribution in [0.3, 0.4) is 0 Å². The molecule has 0 aliphatic carbocycles. The van der Waals surface area contributed by atoms with Crippen molar-refractivity contribution in [2.75, 3.05) is 0 Å². The van der Waals surface area contributed by atoms with Gasteiger partial charge in [0.2, 0.25) is 10.7 Å². The fourth-order valence-electron chi connectivity index (χ4n) is 1.73. The molecule has 8 nitrogen and oxygen atoms in total. The molecular formula is C12H8N4O4S. The van der Waals surface area contributed by atoms with Crippen LogP contribution in [0.25, 0.3) is 4.96 Å². The second-order valence-electron chi connectivity index (χ2n) is 4.13. The zero-order valence-electron chi connectivity index (χ0n) is 10.7. The van der Waals surface area contributed by atoms with Crippen LogP contribution in [0.1, 0.15) is 5.69 Å². The number of hydrogen-bond acceptors (Lipinski definition) is 7. The Balaban J connectivity index is 2.05. The molecule has 0 radical (unpaired) electrons. The Bertz CT molecular complexity index is 902. The summed E-state index contributed by atoms with van der Waals surface area (Å²) in [6.07, 6.45) is 0. The van der Waals surface area contributed by atoms with Gasteiger partial charge in [0, 0.05) is 17.8 Å². The Morgan fingerprint density at radius 1 is 1.38 bits per heavy atom. The van der Waals surface area contributed by atoms with Crippen LogP contribution in [-0.4, -0.2) is 19.5 Å². The number of aryl methyl sites for hydroxylation is 1. The first kappa shape index (κ1) is 13.2. The molecule has 1 aromatic carbocycles. The predicted molar refractivity (Wildman–Crippen MR) is 75.0 cm³/mol. The molecule has 0 saturated heterocycles. The summed E-state index contributed by atoms with van der Waals surface area (Å²) in [5.41, 5.74) is 0.0697. The molecule has 0 fully saturated rings. The Kier molecular flexibility index (Phi) is 3.10. The Hall–Kier alpha value is -2.81. The maximum atomic E-state index is 11.7. The zero-order valence-corrected chi connectivity index (χ0v) is 11.5. The van der Waals surface area contributed by atoms with Gasteiger partial charge in [-0.15, -0.1) is 5.10 Å². The van der Waals surface area contributed by atoms with E-state index in [2.05, 4.69) is 10.1 Å². The molecule has 0 aliphatic heterocycles. The van der Waals surface area contributed by atoms with Gasteiger partial charge in [-0.25, -0.2) is 4.98 Å². The summed E-state index contributed by atoms with van der Waals surface area (Å²) in [5.74, 6) is 0.0614. The highest BCUT2D eigenvalue weighted by Crippen LogP contribution is 2.32. The average Bonchev–Trinajstić information content (AvgIpc) is 2.81. The minimum atomic E-state index is -0.544. The van der Waals surface area contributed by atoms with Crippen molar-refractivity contribution in [3.8, 4) is 10.9 Å². The van der Waals surface area contributed by atoms with Gasteiger partial charge in [-0.2, -0.15) is 4.52 Å². The second-order valence-corrected chi connectivity index (χ2v) is 5.04. The van der Waals surface area contributed by atoms with Gasteiger partial charge in [0.25, 0.3) is 10.8 Å². The lowest BCUT2D eigenvalue weighted by atomic mass is 10.3. The summed E-state index contributed by atoms with van der Waals surface area (Å²) in [5, 5.41) is 15.0. The highest BCUT2D eigenvalue weighted by atomic mass is 32.1. The molecular weight excluding hydrogens is 296 g/mol. The summed E-state index contributed by atoms with van der Waals surface area (Å²) < 4.78 is 6.52. The van der Waals surface area contributed by atoms with Crippen molar-refractivity contribution in [2.45, 2.75) is 6.92 Å². The first-order valence-corrected chi connectivity index (χ1v) is 6.65. The lowest BCUT2D eigenvalue weighted by Gasteiger charge is -2.00. The lowest BCUT2D eigenvalue weighted by Crippen LogP contribution is -2.14. The summed E-state index contributed by atoms with van der Waals surface area (Å²) >= 11 is 1.04. The Morgan fingerprint density at radius 3 is 2.90 bits per heavy atom. The van der Waals surface area contributed by atoms with Gasteiger partial charge in [0.05, 0.1) is 4.92 Å². The van der Waals surface area contributed by atoms with E-state index in [1.807, 2.05) is 0 Å². The molecule has 106 valence electrons. The second kappa shape index (κ2) is 4.94. The van der Waals surface area contributed by atoms with E-state index in [1.165, 1.54) is 18.2 Å². The number of hydrogen-bond donors (Lipinski definition) is 0. The number of ether oxygens (including phenoxy) is 1. The van der Waals surface area contributed by atoms with E-state index in [1.54, 1.807) is 19.1 Å². The van der Waals surface area contributed by atoms with Crippen molar-refractivity contribution >= 4 is 22.0 Å². The molecule has 0 amide bonds. The van der Waals surface area contributed by atoms with Gasteiger partial charge in [-0.05, 0) is 24.3 Å². The van der Waals surface area contributed by atoms with Crippen molar-refractivity contribution in [1.29, 1.82) is 0 Å². The number of para-hydroxylation sites is 2. The first-order valence-electron chi connectivity index (χ1n) is 5.83. The quantitative estimate of drug-likeness (QED) is 0.543. The van der Waals surface area contributed by atoms with Crippen LogP contribution in [-0.2, 0) is 0 Å². The normalized spacial score (nSPS) is 10.7. The molecule has 9 heteroatoms. The van der Waals surface area contributed by atoms with Gasteiger partial charge < -0.3 is 4.74 Å². The van der Waals surface area contributed by atoms with E-state index in [-0.39, 0.29) is 22.2 Å². The third-order valence-electron chi connectivity index (χ3n) is 2.61. The number of aromatic nitrogens is 3. The van der Waals surface area contributed by atoms with Crippen LogP contribution in [0.2, 0.25) is 0 Å². The number of fused-ring (bicyclic) bond motifs is 1. The molecule has 3 rings (SSSR count). The van der Waals surface area contributed by atoms with E-state index in [0.717, 1.165) is 15.9 Å². The van der Waals surface area contributed by atoms with Gasteiger partial charge in [0.1, 0.15) is 0 Å². The van der Waals surface area contributed by atoms with Crippen molar-refractivity contribution in [1.82, 2.24) is 14.6 Å². The fraction of sp³-hybridized carbons (Fsp3) is 0.0833. The maximum Gasteiger partial charge on any atom is 0.311 e. The molecule has 21 heavy (non-hydrogen) atoms. The third kappa shape index (κ3) is 2.46. The summed E-state index contributed by atoms with van der Waals surface area (Å²) in [6.45, 7) is 1.70. The van der Waals surface area contributed by atoms with Crippen molar-refractivity contribution in [3.63, 3.8) is 0 Å². The predicted octanol–water partition coefficient (Wildman–Crippen LogP) is 2.16. The van der Waals surface area contributed by atoms with E-state index < -0.39 is 4.92 Å². The highest BCUT2D eigenvalue weighted by Gasteiger charge is 2.17. The van der Waals surface area contributed by atoms with Crippen LogP contribution in [0, 0.1) is 17.0 Å². The van der Waals surface area contributed by atoms with Crippen molar-refractivity contribution < 1.29 is 9.66 Å². The van der Waals surface area contributed by atoms with Crippen molar-refractivity contribution in [2.24, 2.45) is 0 Å². The van der Waals surface area contributed by atoms with Gasteiger partial charge >= 0.3 is 5.69 Å². The Morgan fingerprint density at radius 2 is 2.14 bits per heavy atom. The van der Waals surface area contributed by atoms with E-state index in [0.29, 0.717) is 10.7 Å². The van der Waals surface area contributed by atoms with E-state index in [9.17, 15) is 14.9 Å². The molecule has 0 aliphatic rings. The lowest BCUT2D eigenvalue weighted by molar-refractivity contribution is -0.385. The average molecular weight is 304 g/mol. The van der Waals surface area contributed by atoms with Crippen molar-refractivity contribution in [3.05, 3.63) is 56.5 Å². The molecule has 0 bridgehead atoms. The van der Waals surface area contributed by atoms with Crippen LogP contribution < -0.4 is 10.3 Å². The monoisotopic (exact) mass is 304 g/mol. The molecule has 0 atom stereocenters. The number of nitro groups is 1. The molecule has 0 saturated carbocycles. The van der Waals surface area contributed by atoms with Gasteiger partial charge in [-0.1, -0.05) is 12.1 Å². The van der Waals surface area contributed by atoms with Crippen LogP contribution in [0.5, 0.6) is 10.9 Å². The minimum absolute atomic E-state index is 0.0614. The summed E-state index contributed by atoms with van der Waals surface area (Å²) in [4.78, 5) is 26.7. The number of benzene rings is 1. The number of nitrogens with zero attached hydrogens (tertiary/aromatic N) is 4. The largest absolute Gasteiger partial charge is 0.422 e. The Labute approximate surface area is 121 Å². The van der Waals surface area contributed by atoms with E-state index >= 15 is 0 Å². The zero-order chi connectivity index (χ0) is 15.0. The molecule has 0 N–H and O–H groups in total. The standard InChI is InChI=1S/C12H8N4O4S/c1-7-6-10(17)15-11(13-7)21-12(14-15)20-9-5-3-2-4-8(9)16(18)19/h2-6H,1H3. The summed E-state index contributed by atoms with van der Waals surface area (Å²) in [7, 11) is 0. The molecule has 0 spiro atoms. The smallest absolute Gasteiger partial charge is 0.311 e. The van der Waals surface area contributed by atoms with E-state index in [4.69, 9.17) is 4.74 Å². The van der Waals surface area contributed by atoms with Gasteiger partial charge in [0.15, 0.2) is 0 Å². The van der Waals surface area contributed by atoms with Crippen LogP contribution in [0.15, 0.2) is 35.1 Å². The number of rotatable bonds is 3. The van der Waals surface area contributed by atoms with Crippen LogP contribution in [0.4, 0.5) is 5.69 Å². The molecule has 3 aromatic rings. The SMILES string of the molecule is Cc1cc(=O)n2nc(Oc3ccccc3[N+](=O)[O-])sc2n1. The summed E-state index contributed by atoms with van der Waals surface area (Å²) in [6, 6.07) is 7.30. The third-order valence-corrected chi connectivity index (χ3v) is 3.40. The topological polar surface area (TPSA) is 99.6 Å². The minimum Gasteiger partial charge on any atom is -0.422 e. The number of nitro benzene ring substituents is 1. The molecule has 2 aromatic heterocycles. The molecule has 0 unspecified atom stereocenters. The highest BCUT2D eigenvalue weighted by molar-refractivity contribution is 7.18. The van der Waals surface area contributed by atoms with Gasteiger partial charge in [-0.3, -0.25) is 14.9 Å². The molecule has 2 heterocycles. The maximum absolute atomic E-state index is 11.7. The first-order chi connectivity index (χ1) is 10.0. The van der Waals surface area contributed by atoms with Crippen LogP contribution >= 0.6 is 11.3 Å².